The van der Waals surface area contributed by atoms with Gasteiger partial charge in [-0.1, -0.05) is 0 Å². The first kappa shape index (κ1) is 23.4. The highest BCUT2D eigenvalue weighted by atomic mass is 16.5. The molecule has 0 fully saturated rings. The molecule has 7 heteroatoms. The number of hydrogen-bond acceptors (Lipinski definition) is 5. The molecule has 4 rings (SSSR count). The zero-order chi connectivity index (χ0) is 24.6. The second kappa shape index (κ2) is 10.9. The molecule has 0 radical (unpaired) electrons. The summed E-state index contributed by atoms with van der Waals surface area (Å²) >= 11 is 0. The molecule has 0 aliphatic carbocycles. The van der Waals surface area contributed by atoms with E-state index in [0.717, 1.165) is 11.4 Å². The molecule has 2 amide bonds. The number of amides is 2. The summed E-state index contributed by atoms with van der Waals surface area (Å²) in [6, 6.07) is 28.7. The monoisotopic (exact) mass is 467 g/mol. The molecule has 0 spiro atoms. The van der Waals surface area contributed by atoms with E-state index in [-0.39, 0.29) is 11.8 Å². The third kappa shape index (κ3) is 6.17. The van der Waals surface area contributed by atoms with Crippen LogP contribution in [0.25, 0.3) is 0 Å². The lowest BCUT2D eigenvalue weighted by molar-refractivity contribution is 0.101. The molecule has 0 heterocycles. The fourth-order valence-electron chi connectivity index (χ4n) is 3.33. The Labute approximate surface area is 203 Å². The maximum atomic E-state index is 12.4. The fourth-order valence-corrected chi connectivity index (χ4v) is 3.33. The first-order valence-electron chi connectivity index (χ1n) is 10.9. The van der Waals surface area contributed by atoms with Crippen molar-refractivity contribution in [3.05, 3.63) is 108 Å². The van der Waals surface area contributed by atoms with E-state index in [2.05, 4.69) is 16.0 Å². The predicted octanol–water partition coefficient (Wildman–Crippen LogP) is 5.95. The van der Waals surface area contributed by atoms with Crippen LogP contribution in [-0.2, 0) is 0 Å². The first-order chi connectivity index (χ1) is 17.0. The number of nitrogens with one attached hydrogen (secondary N) is 3. The smallest absolute Gasteiger partial charge is 0.255 e. The standard InChI is InChI=1S/C28H25N3O4/c1-34-25-15-3-19(4-16-25)27(32)30-23-11-7-21(8-12-23)29-22-9-13-24(14-10-22)31-28(33)20-5-17-26(35-2)18-6-20/h3-18,29H,1-2H3,(H,30,32)(H,31,33). The number of anilines is 4. The van der Waals surface area contributed by atoms with Crippen molar-refractivity contribution in [2.75, 3.05) is 30.2 Å². The molecule has 3 N–H and O–H groups in total. The quantitative estimate of drug-likeness (QED) is 0.298. The van der Waals surface area contributed by atoms with Gasteiger partial charge in [0.05, 0.1) is 14.2 Å². The average Bonchev–Trinajstić information content (AvgIpc) is 2.91. The second-order valence-corrected chi connectivity index (χ2v) is 7.64. The molecule has 176 valence electrons. The van der Waals surface area contributed by atoms with E-state index < -0.39 is 0 Å². The van der Waals surface area contributed by atoms with Crippen molar-refractivity contribution in [1.82, 2.24) is 0 Å². The van der Waals surface area contributed by atoms with Crippen LogP contribution >= 0.6 is 0 Å². The normalized spacial score (nSPS) is 10.2. The zero-order valence-electron chi connectivity index (χ0n) is 19.4. The molecule has 0 bridgehead atoms. The Morgan fingerprint density at radius 1 is 0.486 bits per heavy atom. The van der Waals surface area contributed by atoms with Gasteiger partial charge in [-0.2, -0.15) is 0 Å². The van der Waals surface area contributed by atoms with Crippen LogP contribution in [0.5, 0.6) is 11.5 Å². The number of carbonyl (C=O) groups is 2. The van der Waals surface area contributed by atoms with Gasteiger partial charge in [-0.25, -0.2) is 0 Å². The Morgan fingerprint density at radius 2 is 0.800 bits per heavy atom. The molecule has 0 aliphatic rings. The zero-order valence-corrected chi connectivity index (χ0v) is 19.4. The molecule has 4 aromatic carbocycles. The summed E-state index contributed by atoms with van der Waals surface area (Å²) < 4.78 is 10.2. The summed E-state index contributed by atoms with van der Waals surface area (Å²) in [6.07, 6.45) is 0. The van der Waals surface area contributed by atoms with Crippen LogP contribution in [0.1, 0.15) is 20.7 Å². The van der Waals surface area contributed by atoms with Gasteiger partial charge in [0.15, 0.2) is 0 Å². The third-order valence-corrected chi connectivity index (χ3v) is 5.28. The van der Waals surface area contributed by atoms with Crippen LogP contribution in [0.2, 0.25) is 0 Å². The average molecular weight is 468 g/mol. The number of ether oxygens (including phenoxy) is 2. The van der Waals surface area contributed by atoms with Crippen LogP contribution in [-0.4, -0.2) is 26.0 Å². The Kier molecular flexibility index (Phi) is 7.28. The molecule has 0 saturated carbocycles. The SMILES string of the molecule is COc1ccc(C(=O)Nc2ccc(Nc3ccc(NC(=O)c4ccc(OC)cc4)cc3)cc2)cc1. The number of methoxy groups -OCH3 is 2. The van der Waals surface area contributed by atoms with Gasteiger partial charge in [0.25, 0.3) is 11.8 Å². The van der Waals surface area contributed by atoms with Gasteiger partial charge in [-0.3, -0.25) is 9.59 Å². The highest BCUT2D eigenvalue weighted by Crippen LogP contribution is 2.22. The van der Waals surface area contributed by atoms with Crippen LogP contribution in [0.15, 0.2) is 97.1 Å². The number of carbonyl (C=O) groups excluding carboxylic acids is 2. The Hall–Kier alpha value is -4.78. The van der Waals surface area contributed by atoms with Crippen molar-refractivity contribution in [3.8, 4) is 11.5 Å². The molecule has 0 aromatic heterocycles. The summed E-state index contributed by atoms with van der Waals surface area (Å²) in [5.41, 5.74) is 4.20. The first-order valence-corrected chi connectivity index (χ1v) is 10.9. The fraction of sp³-hybridized carbons (Fsp3) is 0.0714. The predicted molar refractivity (Wildman–Crippen MR) is 138 cm³/mol. The summed E-state index contributed by atoms with van der Waals surface area (Å²) in [7, 11) is 3.17. The van der Waals surface area contributed by atoms with Crippen molar-refractivity contribution in [3.63, 3.8) is 0 Å². The molecule has 0 atom stereocenters. The molecule has 0 unspecified atom stereocenters. The van der Waals surface area contributed by atoms with E-state index in [4.69, 9.17) is 9.47 Å². The van der Waals surface area contributed by atoms with E-state index in [0.29, 0.717) is 34.0 Å². The Bertz CT molecular complexity index is 1180. The number of hydrogen-bond donors (Lipinski definition) is 3. The van der Waals surface area contributed by atoms with Crippen LogP contribution in [0.3, 0.4) is 0 Å². The lowest BCUT2D eigenvalue weighted by Crippen LogP contribution is -2.11. The molecule has 4 aromatic rings. The van der Waals surface area contributed by atoms with E-state index in [1.165, 1.54) is 0 Å². The minimum absolute atomic E-state index is 0.194. The minimum atomic E-state index is -0.194. The van der Waals surface area contributed by atoms with Gasteiger partial charge in [0, 0.05) is 33.9 Å². The van der Waals surface area contributed by atoms with E-state index >= 15 is 0 Å². The van der Waals surface area contributed by atoms with Crippen molar-refractivity contribution in [2.45, 2.75) is 0 Å². The molecular weight excluding hydrogens is 442 g/mol. The van der Waals surface area contributed by atoms with Crippen LogP contribution in [0, 0.1) is 0 Å². The summed E-state index contributed by atoms with van der Waals surface area (Å²) in [5, 5.41) is 9.06. The highest BCUT2D eigenvalue weighted by molar-refractivity contribution is 6.05. The highest BCUT2D eigenvalue weighted by Gasteiger charge is 2.08. The van der Waals surface area contributed by atoms with Crippen LogP contribution < -0.4 is 25.4 Å². The largest absolute Gasteiger partial charge is 0.497 e. The van der Waals surface area contributed by atoms with E-state index in [9.17, 15) is 9.59 Å². The summed E-state index contributed by atoms with van der Waals surface area (Å²) in [6.45, 7) is 0. The van der Waals surface area contributed by atoms with Crippen LogP contribution in [0.4, 0.5) is 22.7 Å². The number of rotatable bonds is 8. The Balaban J connectivity index is 1.31. The van der Waals surface area contributed by atoms with Gasteiger partial charge in [0.2, 0.25) is 0 Å². The Morgan fingerprint density at radius 3 is 1.11 bits per heavy atom. The second-order valence-electron chi connectivity index (χ2n) is 7.64. The van der Waals surface area contributed by atoms with Crippen molar-refractivity contribution < 1.29 is 19.1 Å². The number of benzene rings is 4. The topological polar surface area (TPSA) is 88.7 Å². The summed E-state index contributed by atoms with van der Waals surface area (Å²) in [4.78, 5) is 24.8. The maximum Gasteiger partial charge on any atom is 0.255 e. The van der Waals surface area contributed by atoms with Gasteiger partial charge < -0.3 is 25.4 Å². The van der Waals surface area contributed by atoms with Gasteiger partial charge in [0.1, 0.15) is 11.5 Å². The minimum Gasteiger partial charge on any atom is -0.497 e. The molecule has 0 aliphatic heterocycles. The molecule has 35 heavy (non-hydrogen) atoms. The van der Waals surface area contributed by atoms with Gasteiger partial charge >= 0.3 is 0 Å². The van der Waals surface area contributed by atoms with Crippen molar-refractivity contribution in [2.24, 2.45) is 0 Å². The van der Waals surface area contributed by atoms with Crippen molar-refractivity contribution in [1.29, 1.82) is 0 Å². The van der Waals surface area contributed by atoms with Crippen molar-refractivity contribution >= 4 is 34.6 Å². The molecule has 7 nitrogen and oxygen atoms in total. The van der Waals surface area contributed by atoms with E-state index in [1.807, 2.05) is 48.5 Å². The van der Waals surface area contributed by atoms with Gasteiger partial charge in [-0.05, 0) is 97.1 Å². The summed E-state index contributed by atoms with van der Waals surface area (Å²) in [5.74, 6) is 1.01. The van der Waals surface area contributed by atoms with E-state index in [1.54, 1.807) is 62.8 Å². The third-order valence-electron chi connectivity index (χ3n) is 5.28. The molecular formula is C28H25N3O4. The lowest BCUT2D eigenvalue weighted by Gasteiger charge is -2.10. The van der Waals surface area contributed by atoms with Gasteiger partial charge in [-0.15, -0.1) is 0 Å². The molecule has 0 saturated heterocycles. The lowest BCUT2D eigenvalue weighted by atomic mass is 10.2. The maximum absolute atomic E-state index is 12.4.